The molecule has 0 spiro atoms. The number of rotatable bonds is 5. The van der Waals surface area contributed by atoms with E-state index >= 15 is 0 Å². The van der Waals surface area contributed by atoms with Crippen LogP contribution in [0.15, 0.2) is 24.4 Å². The molecule has 1 aliphatic heterocycles. The third-order valence-electron chi connectivity index (χ3n) is 4.86. The highest BCUT2D eigenvalue weighted by Crippen LogP contribution is 2.31. The van der Waals surface area contributed by atoms with Crippen LogP contribution in [0.25, 0.3) is 16.8 Å². The lowest BCUT2D eigenvalue weighted by atomic mass is 10.1. The van der Waals surface area contributed by atoms with Crippen molar-refractivity contribution in [1.82, 2.24) is 14.6 Å². The van der Waals surface area contributed by atoms with E-state index in [9.17, 15) is 27.1 Å². The van der Waals surface area contributed by atoms with Gasteiger partial charge in [0.2, 0.25) is 12.4 Å². The van der Waals surface area contributed by atoms with E-state index in [1.165, 1.54) is 0 Å². The fraction of sp³-hybridized carbons (Fsp3) is 0.368. The topological polar surface area (TPSA) is 71.7 Å². The van der Waals surface area contributed by atoms with Crippen LogP contribution in [0, 0.1) is 17.5 Å². The summed E-state index contributed by atoms with van der Waals surface area (Å²) in [6.07, 6.45) is -2.76. The maximum Gasteiger partial charge on any atom is 0.242 e. The summed E-state index contributed by atoms with van der Waals surface area (Å²) in [7, 11) is 0. The zero-order chi connectivity index (χ0) is 21.4. The number of halogens is 5. The van der Waals surface area contributed by atoms with Gasteiger partial charge in [0.05, 0.1) is 36.2 Å². The predicted octanol–water partition coefficient (Wildman–Crippen LogP) is 3.18. The molecule has 4 rings (SSSR count). The molecule has 6 nitrogen and oxygen atoms in total. The monoisotopic (exact) mass is 428 g/mol. The Balaban J connectivity index is 1.74. The van der Waals surface area contributed by atoms with Crippen LogP contribution >= 0.6 is 0 Å². The SMILES string of the molecule is O[C@@H]1COCC[C@H]1Nc1ncc2c(F)cc(-c3c(F)cc(CC(F)F)cc3F)n2n1. The Morgan fingerprint density at radius 3 is 2.57 bits per heavy atom. The fourth-order valence-electron chi connectivity index (χ4n) is 3.42. The predicted molar refractivity (Wildman–Crippen MR) is 96.9 cm³/mol. The summed E-state index contributed by atoms with van der Waals surface area (Å²) in [5.41, 5.74) is -1.17. The second-order valence-corrected chi connectivity index (χ2v) is 6.97. The van der Waals surface area contributed by atoms with Gasteiger partial charge in [-0.1, -0.05) is 0 Å². The largest absolute Gasteiger partial charge is 0.389 e. The molecule has 0 unspecified atom stereocenters. The summed E-state index contributed by atoms with van der Waals surface area (Å²) < 4.78 is 74.7. The highest BCUT2D eigenvalue weighted by Gasteiger charge is 2.25. The Morgan fingerprint density at radius 2 is 1.90 bits per heavy atom. The molecule has 0 aliphatic carbocycles. The van der Waals surface area contributed by atoms with E-state index in [0.717, 1.165) is 28.9 Å². The highest BCUT2D eigenvalue weighted by atomic mass is 19.3. The van der Waals surface area contributed by atoms with Crippen molar-refractivity contribution < 1.29 is 31.8 Å². The van der Waals surface area contributed by atoms with Gasteiger partial charge in [-0.25, -0.2) is 31.5 Å². The number of fused-ring (bicyclic) bond motifs is 1. The standard InChI is InChI=1S/C19H17F5N4O2/c20-10-6-14(18-11(21)3-9(4-12(18)22)5-17(23)24)28-15(10)7-25-19(27-28)26-13-1-2-30-8-16(13)29/h3-4,6-7,13,16-17,29H,1-2,5,8H2,(H,26,27)/t13-,16-/m1/s1. The Hall–Kier alpha value is -2.79. The van der Waals surface area contributed by atoms with Gasteiger partial charge in [0.1, 0.15) is 17.2 Å². The van der Waals surface area contributed by atoms with E-state index in [1.807, 2.05) is 0 Å². The van der Waals surface area contributed by atoms with Crippen LogP contribution in [-0.4, -0.2) is 51.5 Å². The molecule has 3 heterocycles. The van der Waals surface area contributed by atoms with Crippen molar-refractivity contribution in [2.24, 2.45) is 0 Å². The van der Waals surface area contributed by atoms with E-state index in [4.69, 9.17) is 4.74 Å². The van der Waals surface area contributed by atoms with Crippen LogP contribution in [0.1, 0.15) is 12.0 Å². The van der Waals surface area contributed by atoms with Crippen LogP contribution in [0.2, 0.25) is 0 Å². The second-order valence-electron chi connectivity index (χ2n) is 6.97. The molecule has 0 radical (unpaired) electrons. The van der Waals surface area contributed by atoms with Crippen LogP contribution in [0.5, 0.6) is 0 Å². The molecular weight excluding hydrogens is 411 g/mol. The molecule has 30 heavy (non-hydrogen) atoms. The van der Waals surface area contributed by atoms with Crippen molar-refractivity contribution in [3.8, 4) is 11.3 Å². The first-order valence-corrected chi connectivity index (χ1v) is 9.16. The first kappa shape index (κ1) is 20.5. The van der Waals surface area contributed by atoms with Gasteiger partial charge in [-0.2, -0.15) is 0 Å². The Bertz CT molecular complexity index is 1050. The lowest BCUT2D eigenvalue weighted by Gasteiger charge is -2.28. The highest BCUT2D eigenvalue weighted by molar-refractivity contribution is 5.68. The normalized spacial score (nSPS) is 19.6. The number of ether oxygens (including phenoxy) is 1. The minimum atomic E-state index is -2.76. The number of nitrogens with one attached hydrogen (secondary N) is 1. The van der Waals surface area contributed by atoms with Crippen LogP contribution in [0.3, 0.4) is 0 Å². The molecule has 1 aromatic carbocycles. The third-order valence-corrected chi connectivity index (χ3v) is 4.86. The zero-order valence-electron chi connectivity index (χ0n) is 15.5. The minimum Gasteiger partial charge on any atom is -0.389 e. The second kappa shape index (κ2) is 8.15. The Morgan fingerprint density at radius 1 is 1.17 bits per heavy atom. The molecule has 0 saturated carbocycles. The molecule has 0 amide bonds. The van der Waals surface area contributed by atoms with Crippen LogP contribution < -0.4 is 5.32 Å². The Kier molecular flexibility index (Phi) is 5.56. The fourth-order valence-corrected chi connectivity index (χ4v) is 3.42. The van der Waals surface area contributed by atoms with Crippen LogP contribution in [0.4, 0.5) is 27.9 Å². The molecule has 1 fully saturated rings. The number of aliphatic hydroxyl groups excluding tert-OH is 1. The number of hydrogen-bond donors (Lipinski definition) is 2. The molecule has 0 bridgehead atoms. The quantitative estimate of drug-likeness (QED) is 0.611. The van der Waals surface area contributed by atoms with E-state index in [0.29, 0.717) is 13.0 Å². The minimum absolute atomic E-state index is 0.0143. The number of aromatic nitrogens is 3. The van der Waals surface area contributed by atoms with Crippen molar-refractivity contribution >= 4 is 11.5 Å². The molecule has 2 atom stereocenters. The van der Waals surface area contributed by atoms with Crippen molar-refractivity contribution in [1.29, 1.82) is 0 Å². The van der Waals surface area contributed by atoms with E-state index in [-0.39, 0.29) is 29.3 Å². The average Bonchev–Trinajstić information content (AvgIpc) is 2.98. The molecule has 2 N–H and O–H groups in total. The van der Waals surface area contributed by atoms with Crippen LogP contribution in [-0.2, 0) is 11.2 Å². The van der Waals surface area contributed by atoms with Crippen molar-refractivity contribution in [2.75, 3.05) is 18.5 Å². The maximum absolute atomic E-state index is 14.6. The summed E-state index contributed by atoms with van der Waals surface area (Å²) in [5.74, 6) is -3.02. The average molecular weight is 428 g/mol. The zero-order valence-corrected chi connectivity index (χ0v) is 15.5. The first-order chi connectivity index (χ1) is 14.3. The van der Waals surface area contributed by atoms with Gasteiger partial charge in [0.15, 0.2) is 5.82 Å². The molecular formula is C19H17F5N4O2. The number of aliphatic hydroxyl groups is 1. The Labute approximate surface area is 167 Å². The van der Waals surface area contributed by atoms with E-state index in [2.05, 4.69) is 15.4 Å². The van der Waals surface area contributed by atoms with Gasteiger partial charge in [-0.15, -0.1) is 5.10 Å². The number of hydrogen-bond acceptors (Lipinski definition) is 5. The van der Waals surface area contributed by atoms with Gasteiger partial charge in [-0.3, -0.25) is 0 Å². The maximum atomic E-state index is 14.6. The number of nitrogens with zero attached hydrogens (tertiary/aromatic N) is 3. The molecule has 1 saturated heterocycles. The summed E-state index contributed by atoms with van der Waals surface area (Å²) in [6, 6.07) is 2.06. The first-order valence-electron chi connectivity index (χ1n) is 9.16. The summed E-state index contributed by atoms with van der Waals surface area (Å²) >= 11 is 0. The molecule has 2 aromatic heterocycles. The smallest absolute Gasteiger partial charge is 0.242 e. The van der Waals surface area contributed by atoms with Crippen molar-refractivity contribution in [3.05, 3.63) is 47.4 Å². The lowest BCUT2D eigenvalue weighted by Crippen LogP contribution is -2.42. The molecule has 160 valence electrons. The molecule has 3 aromatic rings. The van der Waals surface area contributed by atoms with Crippen molar-refractivity contribution in [2.45, 2.75) is 31.4 Å². The molecule has 11 heteroatoms. The van der Waals surface area contributed by atoms with Gasteiger partial charge >= 0.3 is 0 Å². The van der Waals surface area contributed by atoms with Gasteiger partial charge in [-0.05, 0) is 24.1 Å². The molecule has 1 aliphatic rings. The number of benzene rings is 1. The number of alkyl halides is 2. The lowest BCUT2D eigenvalue weighted by molar-refractivity contribution is -0.0136. The summed E-state index contributed by atoms with van der Waals surface area (Å²) in [4.78, 5) is 3.99. The number of anilines is 1. The van der Waals surface area contributed by atoms with Gasteiger partial charge < -0.3 is 15.2 Å². The third kappa shape index (κ3) is 3.94. The summed E-state index contributed by atoms with van der Waals surface area (Å²) in [6.45, 7) is 0.548. The van der Waals surface area contributed by atoms with Gasteiger partial charge in [0.25, 0.3) is 0 Å². The van der Waals surface area contributed by atoms with E-state index in [1.54, 1.807) is 0 Å². The van der Waals surface area contributed by atoms with Crippen molar-refractivity contribution in [3.63, 3.8) is 0 Å². The van der Waals surface area contributed by atoms with E-state index < -0.39 is 48.0 Å². The summed E-state index contributed by atoms with van der Waals surface area (Å²) in [5, 5.41) is 17.0. The van der Waals surface area contributed by atoms with Gasteiger partial charge in [0, 0.05) is 19.1 Å².